The first-order valence-electron chi connectivity index (χ1n) is 6.00. The molecule has 0 fully saturated rings. The van der Waals surface area contributed by atoms with Crippen LogP contribution < -0.4 is 5.32 Å². The lowest BCUT2D eigenvalue weighted by Crippen LogP contribution is -2.34. The van der Waals surface area contributed by atoms with Gasteiger partial charge in [-0.15, -0.1) is 0 Å². The zero-order valence-corrected chi connectivity index (χ0v) is 11.0. The van der Waals surface area contributed by atoms with E-state index < -0.39 is 0 Å². The van der Waals surface area contributed by atoms with Crippen molar-refractivity contribution in [3.8, 4) is 0 Å². The van der Waals surface area contributed by atoms with Crippen molar-refractivity contribution in [3.63, 3.8) is 0 Å². The van der Waals surface area contributed by atoms with E-state index in [-0.39, 0.29) is 18.4 Å². The van der Waals surface area contributed by atoms with E-state index in [0.717, 1.165) is 12.8 Å². The first-order chi connectivity index (χ1) is 8.52. The SMILES string of the molecule is CCCCC(=O)N(C)CC(=O)Nc1cc(C)on1. The summed E-state index contributed by atoms with van der Waals surface area (Å²) in [6.45, 7) is 3.78. The number of amides is 2. The van der Waals surface area contributed by atoms with Crippen molar-refractivity contribution in [2.24, 2.45) is 0 Å². The molecule has 18 heavy (non-hydrogen) atoms. The second-order valence-electron chi connectivity index (χ2n) is 4.22. The number of likely N-dealkylation sites (N-methyl/N-ethyl adjacent to an activating group) is 1. The molecule has 1 aromatic rings. The van der Waals surface area contributed by atoms with Crippen LogP contribution in [0, 0.1) is 6.92 Å². The molecule has 0 aromatic carbocycles. The van der Waals surface area contributed by atoms with Crippen LogP contribution in [0.2, 0.25) is 0 Å². The molecule has 0 bridgehead atoms. The van der Waals surface area contributed by atoms with E-state index in [1.165, 1.54) is 4.90 Å². The number of unbranched alkanes of at least 4 members (excludes halogenated alkanes) is 1. The van der Waals surface area contributed by atoms with Gasteiger partial charge in [-0.2, -0.15) is 0 Å². The molecule has 0 unspecified atom stereocenters. The molecule has 0 aliphatic rings. The summed E-state index contributed by atoms with van der Waals surface area (Å²) in [5.74, 6) is 0.684. The van der Waals surface area contributed by atoms with Gasteiger partial charge >= 0.3 is 0 Å². The minimum absolute atomic E-state index is 0.0223. The van der Waals surface area contributed by atoms with Gasteiger partial charge in [-0.3, -0.25) is 9.59 Å². The van der Waals surface area contributed by atoms with Gasteiger partial charge in [0.05, 0.1) is 6.54 Å². The van der Waals surface area contributed by atoms with Crippen LogP contribution in [-0.4, -0.2) is 35.5 Å². The fourth-order valence-electron chi connectivity index (χ4n) is 1.43. The largest absolute Gasteiger partial charge is 0.360 e. The number of aryl methyl sites for hydroxylation is 1. The van der Waals surface area contributed by atoms with Gasteiger partial charge in [0.15, 0.2) is 5.82 Å². The third kappa shape index (κ3) is 4.57. The molecule has 100 valence electrons. The summed E-state index contributed by atoms with van der Waals surface area (Å²) in [5, 5.41) is 6.21. The highest BCUT2D eigenvalue weighted by Crippen LogP contribution is 2.07. The van der Waals surface area contributed by atoms with E-state index in [1.54, 1.807) is 20.0 Å². The minimum atomic E-state index is -0.282. The summed E-state index contributed by atoms with van der Waals surface area (Å²) >= 11 is 0. The highest BCUT2D eigenvalue weighted by Gasteiger charge is 2.13. The van der Waals surface area contributed by atoms with Crippen LogP contribution in [0.15, 0.2) is 10.6 Å². The Morgan fingerprint density at radius 3 is 2.78 bits per heavy atom. The maximum Gasteiger partial charge on any atom is 0.245 e. The maximum atomic E-state index is 11.6. The van der Waals surface area contributed by atoms with Crippen molar-refractivity contribution >= 4 is 17.6 Å². The van der Waals surface area contributed by atoms with Crippen LogP contribution in [0.25, 0.3) is 0 Å². The lowest BCUT2D eigenvalue weighted by atomic mass is 10.2. The summed E-state index contributed by atoms with van der Waals surface area (Å²) in [5.41, 5.74) is 0. The van der Waals surface area contributed by atoms with Gasteiger partial charge in [-0.1, -0.05) is 18.5 Å². The van der Waals surface area contributed by atoms with Gasteiger partial charge in [0.1, 0.15) is 5.76 Å². The van der Waals surface area contributed by atoms with Crippen molar-refractivity contribution in [2.75, 3.05) is 18.9 Å². The summed E-state index contributed by atoms with van der Waals surface area (Å²) in [7, 11) is 1.62. The number of aromatic nitrogens is 1. The minimum Gasteiger partial charge on any atom is -0.360 e. The predicted octanol–water partition coefficient (Wildman–Crippen LogP) is 1.57. The second-order valence-corrected chi connectivity index (χ2v) is 4.22. The first kappa shape index (κ1) is 14.2. The third-order valence-corrected chi connectivity index (χ3v) is 2.45. The molecule has 1 heterocycles. The average Bonchev–Trinajstić information content (AvgIpc) is 2.71. The zero-order chi connectivity index (χ0) is 13.5. The Kier molecular flexibility index (Phi) is 5.35. The van der Waals surface area contributed by atoms with E-state index in [9.17, 15) is 9.59 Å². The van der Waals surface area contributed by atoms with Gasteiger partial charge in [-0.25, -0.2) is 0 Å². The normalized spacial score (nSPS) is 10.2. The molecule has 0 saturated heterocycles. The molecule has 6 heteroatoms. The first-order valence-corrected chi connectivity index (χ1v) is 6.00. The number of nitrogens with zero attached hydrogens (tertiary/aromatic N) is 2. The monoisotopic (exact) mass is 253 g/mol. The number of carbonyl (C=O) groups is 2. The number of anilines is 1. The molecular weight excluding hydrogens is 234 g/mol. The van der Waals surface area contributed by atoms with E-state index in [4.69, 9.17) is 4.52 Å². The molecule has 0 saturated carbocycles. The summed E-state index contributed by atoms with van der Waals surface area (Å²) in [6.07, 6.45) is 2.28. The van der Waals surface area contributed by atoms with Crippen LogP contribution in [0.1, 0.15) is 31.9 Å². The molecule has 6 nitrogen and oxygen atoms in total. The Hall–Kier alpha value is -1.85. The molecule has 0 radical (unpaired) electrons. The second kappa shape index (κ2) is 6.78. The third-order valence-electron chi connectivity index (χ3n) is 2.45. The smallest absolute Gasteiger partial charge is 0.245 e. The van der Waals surface area contributed by atoms with Gasteiger partial charge in [0.2, 0.25) is 11.8 Å². The van der Waals surface area contributed by atoms with Crippen molar-refractivity contribution in [3.05, 3.63) is 11.8 Å². The number of nitrogens with one attached hydrogen (secondary N) is 1. The van der Waals surface area contributed by atoms with Crippen molar-refractivity contribution in [1.29, 1.82) is 0 Å². The quantitative estimate of drug-likeness (QED) is 0.835. The molecule has 0 aliphatic heterocycles. The van der Waals surface area contributed by atoms with Crippen molar-refractivity contribution < 1.29 is 14.1 Å². The Balaban J connectivity index is 2.37. The molecule has 1 N–H and O–H groups in total. The van der Waals surface area contributed by atoms with Crippen molar-refractivity contribution in [2.45, 2.75) is 33.1 Å². The van der Waals surface area contributed by atoms with Crippen molar-refractivity contribution in [1.82, 2.24) is 10.1 Å². The van der Waals surface area contributed by atoms with E-state index in [2.05, 4.69) is 10.5 Å². The van der Waals surface area contributed by atoms with E-state index in [1.807, 2.05) is 6.92 Å². The van der Waals surface area contributed by atoms with Crippen LogP contribution in [0.5, 0.6) is 0 Å². The summed E-state index contributed by atoms with van der Waals surface area (Å²) < 4.78 is 4.83. The Morgan fingerprint density at radius 2 is 2.22 bits per heavy atom. The van der Waals surface area contributed by atoms with Gasteiger partial charge < -0.3 is 14.7 Å². The molecule has 1 rings (SSSR count). The maximum absolute atomic E-state index is 11.6. The Labute approximate surface area is 106 Å². The van der Waals surface area contributed by atoms with E-state index >= 15 is 0 Å². The number of hydrogen-bond donors (Lipinski definition) is 1. The van der Waals surface area contributed by atoms with Gasteiger partial charge in [0.25, 0.3) is 0 Å². The van der Waals surface area contributed by atoms with Gasteiger partial charge in [0, 0.05) is 19.5 Å². The lowest BCUT2D eigenvalue weighted by Gasteiger charge is -2.15. The predicted molar refractivity (Wildman–Crippen MR) is 67.0 cm³/mol. The lowest BCUT2D eigenvalue weighted by molar-refractivity contribution is -0.133. The Morgan fingerprint density at radius 1 is 1.50 bits per heavy atom. The Bertz CT molecular complexity index is 414. The summed E-state index contributed by atoms with van der Waals surface area (Å²) in [6, 6.07) is 1.62. The highest BCUT2D eigenvalue weighted by molar-refractivity contribution is 5.93. The summed E-state index contributed by atoms with van der Waals surface area (Å²) in [4.78, 5) is 24.6. The molecule has 0 spiro atoms. The molecular formula is C12H19N3O3. The number of hydrogen-bond acceptors (Lipinski definition) is 4. The van der Waals surface area contributed by atoms with Gasteiger partial charge in [-0.05, 0) is 13.3 Å². The van der Waals surface area contributed by atoms with E-state index in [0.29, 0.717) is 18.0 Å². The van der Waals surface area contributed by atoms with Crippen LogP contribution in [0.4, 0.5) is 5.82 Å². The molecule has 2 amide bonds. The van der Waals surface area contributed by atoms with Crippen LogP contribution in [-0.2, 0) is 9.59 Å². The zero-order valence-electron chi connectivity index (χ0n) is 11.0. The van der Waals surface area contributed by atoms with Crippen LogP contribution >= 0.6 is 0 Å². The fourth-order valence-corrected chi connectivity index (χ4v) is 1.43. The molecule has 0 atom stereocenters. The standard InChI is InChI=1S/C12H19N3O3/c1-4-5-6-12(17)15(3)8-11(16)13-10-7-9(2)18-14-10/h7H,4-6,8H2,1-3H3,(H,13,14,16). The molecule has 0 aliphatic carbocycles. The average molecular weight is 253 g/mol. The fraction of sp³-hybridized carbons (Fsp3) is 0.583. The molecule has 1 aromatic heterocycles. The van der Waals surface area contributed by atoms with Crippen LogP contribution in [0.3, 0.4) is 0 Å². The highest BCUT2D eigenvalue weighted by atomic mass is 16.5. The topological polar surface area (TPSA) is 75.4 Å². The number of carbonyl (C=O) groups excluding carboxylic acids is 2. The number of rotatable bonds is 6.